The average Bonchev–Trinajstić information content (AvgIpc) is 3.18. The highest BCUT2D eigenvalue weighted by atomic mass is 32.2. The number of amides is 1. The summed E-state index contributed by atoms with van der Waals surface area (Å²) < 4.78 is 5.54. The van der Waals surface area contributed by atoms with E-state index in [-0.39, 0.29) is 18.5 Å². The highest BCUT2D eigenvalue weighted by Crippen LogP contribution is 2.25. The van der Waals surface area contributed by atoms with E-state index in [1.165, 1.54) is 0 Å². The summed E-state index contributed by atoms with van der Waals surface area (Å²) >= 11 is 1.61. The highest BCUT2D eigenvalue weighted by Gasteiger charge is 2.17. The van der Waals surface area contributed by atoms with Crippen LogP contribution in [0.2, 0.25) is 0 Å². The Balaban J connectivity index is 1.68. The smallest absolute Gasteiger partial charge is 0.238 e. The fourth-order valence-electron chi connectivity index (χ4n) is 2.62. The van der Waals surface area contributed by atoms with Crippen LogP contribution >= 0.6 is 11.8 Å². The van der Waals surface area contributed by atoms with Crippen LogP contribution in [0.15, 0.2) is 82.3 Å². The van der Waals surface area contributed by atoms with E-state index >= 15 is 0 Å². The number of benzene rings is 2. The first kappa shape index (κ1) is 17.3. The van der Waals surface area contributed by atoms with Crippen LogP contribution in [0, 0.1) is 0 Å². The van der Waals surface area contributed by atoms with Crippen LogP contribution in [-0.2, 0) is 4.79 Å². The average molecular weight is 352 g/mol. The summed E-state index contributed by atoms with van der Waals surface area (Å²) in [5.74, 6) is 0.692. The number of nitrogens with one attached hydrogen (secondary N) is 2. The van der Waals surface area contributed by atoms with Gasteiger partial charge in [-0.25, -0.2) is 0 Å². The van der Waals surface area contributed by atoms with Crippen molar-refractivity contribution in [1.29, 1.82) is 0 Å². The summed E-state index contributed by atoms with van der Waals surface area (Å²) in [6, 6.07) is 21.3. The van der Waals surface area contributed by atoms with Gasteiger partial charge in [0, 0.05) is 4.90 Å². The van der Waals surface area contributed by atoms with Gasteiger partial charge in [0.1, 0.15) is 5.76 Å². The molecule has 4 nitrogen and oxygen atoms in total. The van der Waals surface area contributed by atoms with Crippen molar-refractivity contribution in [3.63, 3.8) is 0 Å². The van der Waals surface area contributed by atoms with Crippen molar-refractivity contribution in [2.24, 2.45) is 0 Å². The van der Waals surface area contributed by atoms with Gasteiger partial charge in [-0.1, -0.05) is 42.5 Å². The molecule has 0 unspecified atom stereocenters. The number of hydrogen-bond acceptors (Lipinski definition) is 4. The lowest BCUT2D eigenvalue weighted by molar-refractivity contribution is -0.115. The molecule has 1 heterocycles. The predicted molar refractivity (Wildman–Crippen MR) is 102 cm³/mol. The molecule has 0 aliphatic carbocycles. The molecule has 0 aliphatic heterocycles. The zero-order valence-electron chi connectivity index (χ0n) is 13.9. The first-order valence-electron chi connectivity index (χ1n) is 8.02. The van der Waals surface area contributed by atoms with E-state index in [0.717, 1.165) is 21.9 Å². The van der Waals surface area contributed by atoms with Gasteiger partial charge in [-0.15, -0.1) is 11.8 Å². The quantitative estimate of drug-likeness (QED) is 0.622. The lowest BCUT2D eigenvalue weighted by Crippen LogP contribution is -2.31. The zero-order valence-corrected chi connectivity index (χ0v) is 14.8. The van der Waals surface area contributed by atoms with Crippen molar-refractivity contribution in [3.05, 3.63) is 84.3 Å². The van der Waals surface area contributed by atoms with Gasteiger partial charge in [-0.3, -0.25) is 10.1 Å². The Labute approximate surface area is 151 Å². The van der Waals surface area contributed by atoms with Crippen molar-refractivity contribution in [2.45, 2.75) is 10.9 Å². The molecular weight excluding hydrogens is 332 g/mol. The van der Waals surface area contributed by atoms with Gasteiger partial charge in [-0.05, 0) is 36.1 Å². The van der Waals surface area contributed by atoms with Gasteiger partial charge in [0.25, 0.3) is 0 Å². The molecule has 0 radical (unpaired) electrons. The monoisotopic (exact) mass is 352 g/mol. The van der Waals surface area contributed by atoms with Gasteiger partial charge in [0.05, 0.1) is 24.5 Å². The molecule has 3 rings (SSSR count). The number of thioether (sulfide) groups is 1. The van der Waals surface area contributed by atoms with Crippen LogP contribution in [0.4, 0.5) is 5.69 Å². The standard InChI is InChI=1S/C20H20N2O2S/c1-25-18-12-6-5-10-16(18)22-19(23)14-21-20(17-11-7-13-24-17)15-8-3-2-4-9-15/h2-13,20-21H,14H2,1H3,(H,22,23)/t20-/m1/s1. The number of carbonyl (C=O) groups is 1. The van der Waals surface area contributed by atoms with Crippen LogP contribution in [0.5, 0.6) is 0 Å². The summed E-state index contributed by atoms with van der Waals surface area (Å²) in [4.78, 5) is 13.4. The van der Waals surface area contributed by atoms with Gasteiger partial charge >= 0.3 is 0 Å². The van der Waals surface area contributed by atoms with Crippen molar-refractivity contribution in [1.82, 2.24) is 5.32 Å². The molecule has 0 fully saturated rings. The zero-order chi connectivity index (χ0) is 17.5. The Kier molecular flexibility index (Phi) is 5.93. The predicted octanol–water partition coefficient (Wildman–Crippen LogP) is 4.32. The Hall–Kier alpha value is -2.50. The number of rotatable bonds is 7. The minimum absolute atomic E-state index is 0.0889. The van der Waals surface area contributed by atoms with E-state index in [0.29, 0.717) is 0 Å². The molecular formula is C20H20N2O2S. The van der Waals surface area contributed by atoms with E-state index < -0.39 is 0 Å². The third-order valence-electron chi connectivity index (χ3n) is 3.81. The Morgan fingerprint density at radius 3 is 2.52 bits per heavy atom. The van der Waals surface area contributed by atoms with Gasteiger partial charge < -0.3 is 9.73 Å². The first-order valence-corrected chi connectivity index (χ1v) is 9.25. The molecule has 5 heteroatoms. The molecule has 25 heavy (non-hydrogen) atoms. The molecule has 0 spiro atoms. The lowest BCUT2D eigenvalue weighted by Gasteiger charge is -2.17. The molecule has 2 aromatic carbocycles. The molecule has 1 atom stereocenters. The second-order valence-corrected chi connectivity index (χ2v) is 6.34. The molecule has 3 aromatic rings. The summed E-state index contributed by atoms with van der Waals surface area (Å²) in [7, 11) is 0. The van der Waals surface area contributed by atoms with Crippen LogP contribution in [0.3, 0.4) is 0 Å². The maximum absolute atomic E-state index is 12.4. The SMILES string of the molecule is CSc1ccccc1NC(=O)CN[C@H](c1ccccc1)c1ccco1. The Morgan fingerprint density at radius 2 is 1.80 bits per heavy atom. The maximum Gasteiger partial charge on any atom is 0.238 e. The number of furan rings is 1. The van der Waals surface area contributed by atoms with Gasteiger partial charge in [0.15, 0.2) is 0 Å². The molecule has 1 aromatic heterocycles. The van der Waals surface area contributed by atoms with Crippen LogP contribution in [-0.4, -0.2) is 18.7 Å². The second-order valence-electron chi connectivity index (χ2n) is 5.49. The van der Waals surface area contributed by atoms with Gasteiger partial charge in [0.2, 0.25) is 5.91 Å². The normalized spacial score (nSPS) is 11.9. The lowest BCUT2D eigenvalue weighted by atomic mass is 10.0. The molecule has 0 bridgehead atoms. The molecule has 0 aliphatic rings. The summed E-state index contributed by atoms with van der Waals surface area (Å²) in [5.41, 5.74) is 1.88. The second kappa shape index (κ2) is 8.55. The Morgan fingerprint density at radius 1 is 1.04 bits per heavy atom. The third kappa shape index (κ3) is 4.53. The van der Waals surface area contributed by atoms with E-state index in [1.54, 1.807) is 18.0 Å². The molecule has 0 saturated heterocycles. The minimum Gasteiger partial charge on any atom is -0.467 e. The molecule has 1 amide bonds. The summed E-state index contributed by atoms with van der Waals surface area (Å²) in [6.45, 7) is 0.184. The van der Waals surface area contributed by atoms with Crippen LogP contribution in [0.25, 0.3) is 0 Å². The van der Waals surface area contributed by atoms with Crippen LogP contribution < -0.4 is 10.6 Å². The molecule has 2 N–H and O–H groups in total. The largest absolute Gasteiger partial charge is 0.467 e. The third-order valence-corrected chi connectivity index (χ3v) is 4.60. The minimum atomic E-state index is -0.169. The number of hydrogen-bond donors (Lipinski definition) is 2. The number of para-hydroxylation sites is 1. The fraction of sp³-hybridized carbons (Fsp3) is 0.150. The summed E-state index contributed by atoms with van der Waals surface area (Å²) in [6.07, 6.45) is 3.63. The van der Waals surface area contributed by atoms with Crippen molar-refractivity contribution < 1.29 is 9.21 Å². The van der Waals surface area contributed by atoms with E-state index in [4.69, 9.17) is 4.42 Å². The number of anilines is 1. The van der Waals surface area contributed by atoms with E-state index in [9.17, 15) is 4.79 Å². The molecule has 0 saturated carbocycles. The topological polar surface area (TPSA) is 54.3 Å². The van der Waals surface area contributed by atoms with E-state index in [2.05, 4.69) is 10.6 Å². The Bertz CT molecular complexity index is 804. The van der Waals surface area contributed by atoms with E-state index in [1.807, 2.05) is 73.0 Å². The molecule has 128 valence electrons. The summed E-state index contributed by atoms with van der Waals surface area (Å²) in [5, 5.41) is 6.24. The van der Waals surface area contributed by atoms with Crippen molar-refractivity contribution >= 4 is 23.4 Å². The van der Waals surface area contributed by atoms with Crippen molar-refractivity contribution in [2.75, 3.05) is 18.1 Å². The highest BCUT2D eigenvalue weighted by molar-refractivity contribution is 7.98. The van der Waals surface area contributed by atoms with Gasteiger partial charge in [-0.2, -0.15) is 0 Å². The van der Waals surface area contributed by atoms with Crippen LogP contribution in [0.1, 0.15) is 17.4 Å². The maximum atomic E-state index is 12.4. The van der Waals surface area contributed by atoms with Crippen molar-refractivity contribution in [3.8, 4) is 0 Å². The fourth-order valence-corrected chi connectivity index (χ4v) is 3.17. The number of carbonyl (C=O) groups excluding carboxylic acids is 1. The first-order chi connectivity index (χ1) is 12.3.